The van der Waals surface area contributed by atoms with Crippen molar-refractivity contribution in [2.45, 2.75) is 27.2 Å². The summed E-state index contributed by atoms with van der Waals surface area (Å²) in [5.74, 6) is 0. The average Bonchev–Trinajstić information content (AvgIpc) is 1.98. The SMILES string of the molecule is C/C=C/CN(CC)CCC.[H-].[Li+]. The van der Waals surface area contributed by atoms with Crippen LogP contribution >= 0.6 is 0 Å². The maximum Gasteiger partial charge on any atom is 1.00 e. The molecule has 0 atom stereocenters. The van der Waals surface area contributed by atoms with Gasteiger partial charge < -0.3 is 1.43 Å². The van der Waals surface area contributed by atoms with E-state index >= 15 is 0 Å². The third-order valence-corrected chi connectivity index (χ3v) is 1.59. The fraction of sp³-hybridized carbons (Fsp3) is 0.778. The van der Waals surface area contributed by atoms with Gasteiger partial charge >= 0.3 is 18.9 Å². The van der Waals surface area contributed by atoms with Crippen LogP contribution < -0.4 is 18.9 Å². The molecule has 11 heavy (non-hydrogen) atoms. The van der Waals surface area contributed by atoms with Crippen LogP contribution in [0.5, 0.6) is 0 Å². The van der Waals surface area contributed by atoms with Gasteiger partial charge in [-0.1, -0.05) is 26.0 Å². The average molecular weight is 149 g/mol. The van der Waals surface area contributed by atoms with Crippen LogP contribution in [-0.4, -0.2) is 24.5 Å². The molecule has 0 saturated heterocycles. The van der Waals surface area contributed by atoms with E-state index in [-0.39, 0.29) is 20.3 Å². The Kier molecular flexibility index (Phi) is 13.0. The van der Waals surface area contributed by atoms with E-state index in [0.29, 0.717) is 0 Å². The molecule has 0 N–H and O–H groups in total. The number of hydrogen-bond acceptors (Lipinski definition) is 1. The van der Waals surface area contributed by atoms with Gasteiger partial charge in [-0.3, -0.25) is 4.90 Å². The third kappa shape index (κ3) is 8.20. The summed E-state index contributed by atoms with van der Waals surface area (Å²) in [7, 11) is 0. The van der Waals surface area contributed by atoms with Gasteiger partial charge in [0.1, 0.15) is 0 Å². The van der Waals surface area contributed by atoms with E-state index in [1.165, 1.54) is 13.0 Å². The fourth-order valence-corrected chi connectivity index (χ4v) is 0.949. The summed E-state index contributed by atoms with van der Waals surface area (Å²) in [4.78, 5) is 2.43. The van der Waals surface area contributed by atoms with Crippen LogP contribution in [0.2, 0.25) is 0 Å². The van der Waals surface area contributed by atoms with E-state index in [1.54, 1.807) is 0 Å². The second-order valence-corrected chi connectivity index (χ2v) is 2.46. The molecule has 0 aliphatic rings. The summed E-state index contributed by atoms with van der Waals surface area (Å²) in [5.41, 5.74) is 0. The summed E-state index contributed by atoms with van der Waals surface area (Å²) in [6, 6.07) is 0. The van der Waals surface area contributed by atoms with Crippen molar-refractivity contribution in [3.05, 3.63) is 12.2 Å². The molecular formula is C9H20LiN. The topological polar surface area (TPSA) is 3.24 Å². The van der Waals surface area contributed by atoms with Crippen molar-refractivity contribution < 1.29 is 20.3 Å². The van der Waals surface area contributed by atoms with Crippen molar-refractivity contribution >= 4 is 0 Å². The Hall–Kier alpha value is 0.297. The van der Waals surface area contributed by atoms with Gasteiger partial charge in [0.2, 0.25) is 0 Å². The van der Waals surface area contributed by atoms with Gasteiger partial charge in [-0.05, 0) is 26.4 Å². The summed E-state index contributed by atoms with van der Waals surface area (Å²) in [5, 5.41) is 0. The first-order valence-electron chi connectivity index (χ1n) is 4.18. The quantitative estimate of drug-likeness (QED) is 0.373. The van der Waals surface area contributed by atoms with E-state index in [9.17, 15) is 0 Å². The Morgan fingerprint density at radius 2 is 2.00 bits per heavy atom. The molecule has 0 radical (unpaired) electrons. The summed E-state index contributed by atoms with van der Waals surface area (Å²) in [6.45, 7) is 10.00. The van der Waals surface area contributed by atoms with Crippen molar-refractivity contribution in [1.29, 1.82) is 0 Å². The van der Waals surface area contributed by atoms with Crippen molar-refractivity contribution in [2.75, 3.05) is 19.6 Å². The molecule has 0 heterocycles. The largest absolute Gasteiger partial charge is 1.00 e. The van der Waals surface area contributed by atoms with Crippen LogP contribution in [0.25, 0.3) is 0 Å². The predicted molar refractivity (Wildman–Crippen MR) is 48.3 cm³/mol. The van der Waals surface area contributed by atoms with Crippen molar-refractivity contribution in [1.82, 2.24) is 4.90 Å². The molecule has 0 aromatic rings. The van der Waals surface area contributed by atoms with E-state index in [2.05, 4.69) is 37.8 Å². The first-order valence-corrected chi connectivity index (χ1v) is 4.18. The second-order valence-electron chi connectivity index (χ2n) is 2.46. The van der Waals surface area contributed by atoms with Gasteiger partial charge in [0.05, 0.1) is 0 Å². The maximum absolute atomic E-state index is 2.43. The smallest absolute Gasteiger partial charge is 1.00 e. The summed E-state index contributed by atoms with van der Waals surface area (Å²) in [6.07, 6.45) is 5.57. The number of nitrogens with zero attached hydrogens (tertiary/aromatic N) is 1. The molecule has 0 aliphatic carbocycles. The fourth-order valence-electron chi connectivity index (χ4n) is 0.949. The predicted octanol–water partition coefficient (Wildman–Crippen LogP) is -0.589. The summed E-state index contributed by atoms with van der Waals surface area (Å²) >= 11 is 0. The van der Waals surface area contributed by atoms with Crippen LogP contribution in [0.15, 0.2) is 12.2 Å². The van der Waals surface area contributed by atoms with E-state index in [1.807, 2.05) is 0 Å². The second kappa shape index (κ2) is 10.3. The Bertz CT molecular complexity index is 96.5. The minimum atomic E-state index is 0. The Morgan fingerprint density at radius 3 is 2.36 bits per heavy atom. The molecule has 0 aliphatic heterocycles. The zero-order chi connectivity index (χ0) is 7.82. The number of rotatable bonds is 5. The molecule has 0 aromatic carbocycles. The van der Waals surface area contributed by atoms with Gasteiger partial charge in [-0.2, -0.15) is 0 Å². The van der Waals surface area contributed by atoms with Crippen LogP contribution in [0, 0.1) is 0 Å². The molecule has 1 nitrogen and oxygen atoms in total. The van der Waals surface area contributed by atoms with Crippen LogP contribution in [0.3, 0.4) is 0 Å². The number of likely N-dealkylation sites (N-methyl/N-ethyl adjacent to an activating group) is 1. The monoisotopic (exact) mass is 149 g/mol. The first-order chi connectivity index (χ1) is 4.85. The van der Waals surface area contributed by atoms with Gasteiger partial charge in [-0.15, -0.1) is 0 Å². The molecule has 0 amide bonds. The Morgan fingerprint density at radius 1 is 1.36 bits per heavy atom. The molecule has 2 heteroatoms. The van der Waals surface area contributed by atoms with Crippen molar-refractivity contribution in [3.63, 3.8) is 0 Å². The van der Waals surface area contributed by atoms with Gasteiger partial charge in [0.15, 0.2) is 0 Å². The van der Waals surface area contributed by atoms with Gasteiger partial charge in [-0.25, -0.2) is 0 Å². The molecule has 62 valence electrons. The third-order valence-electron chi connectivity index (χ3n) is 1.59. The molecule has 0 aromatic heterocycles. The molecule has 0 rings (SSSR count). The Labute approximate surface area is 84.5 Å². The van der Waals surface area contributed by atoms with Crippen LogP contribution in [-0.2, 0) is 0 Å². The minimum absolute atomic E-state index is 0. The molecule has 0 bridgehead atoms. The number of allylic oxidation sites excluding steroid dienone is 1. The summed E-state index contributed by atoms with van der Waals surface area (Å²) < 4.78 is 0. The van der Waals surface area contributed by atoms with Crippen molar-refractivity contribution in [3.8, 4) is 0 Å². The Balaban J connectivity index is -0.000000405. The van der Waals surface area contributed by atoms with E-state index in [0.717, 1.165) is 13.1 Å². The first kappa shape index (κ1) is 13.9. The minimum Gasteiger partial charge on any atom is -1.00 e. The molecule has 0 fully saturated rings. The van der Waals surface area contributed by atoms with E-state index < -0.39 is 0 Å². The van der Waals surface area contributed by atoms with Gasteiger partial charge in [0.25, 0.3) is 0 Å². The van der Waals surface area contributed by atoms with Crippen LogP contribution in [0.1, 0.15) is 28.6 Å². The maximum atomic E-state index is 2.43. The molecule has 0 unspecified atom stereocenters. The molecular weight excluding hydrogens is 129 g/mol. The van der Waals surface area contributed by atoms with Gasteiger partial charge in [0, 0.05) is 6.54 Å². The zero-order valence-electron chi connectivity index (χ0n) is 9.43. The molecule has 0 spiro atoms. The normalized spacial score (nSPS) is 10.5. The van der Waals surface area contributed by atoms with Crippen LogP contribution in [0.4, 0.5) is 0 Å². The van der Waals surface area contributed by atoms with Crippen molar-refractivity contribution in [2.24, 2.45) is 0 Å². The zero-order valence-corrected chi connectivity index (χ0v) is 8.43. The number of hydrogen-bond donors (Lipinski definition) is 0. The standard InChI is InChI=1S/C9H19N.Li.H/c1-4-7-9-10(6-3)8-5-2;;/h4,7H,5-6,8-9H2,1-3H3;;/q;+1;-1/b7-4+;;. The van der Waals surface area contributed by atoms with E-state index in [4.69, 9.17) is 0 Å². The molecule has 0 saturated carbocycles.